The number of allylic oxidation sites excluding steroid dienone is 1. The van der Waals surface area contributed by atoms with Gasteiger partial charge in [0.15, 0.2) is 0 Å². The molecule has 2 aromatic heterocycles. The first-order valence-corrected chi connectivity index (χ1v) is 4.68. The first-order valence-electron chi connectivity index (χ1n) is 4.68. The molecule has 2 aromatic rings. The molecule has 0 amide bonds. The maximum atomic E-state index is 11.4. The van der Waals surface area contributed by atoms with E-state index in [1.807, 2.05) is 11.5 Å². The molecule has 6 heteroatoms. The highest BCUT2D eigenvalue weighted by atomic mass is 16.1. The molecule has 0 N–H and O–H groups in total. The average molecular weight is 205 g/mol. The molecule has 78 valence electrons. The molecular formula is C9H11N5O. The van der Waals surface area contributed by atoms with E-state index in [1.54, 1.807) is 6.08 Å². The second-order valence-electron chi connectivity index (χ2n) is 3.02. The molecule has 0 aliphatic rings. The van der Waals surface area contributed by atoms with Crippen LogP contribution < -0.4 is 5.69 Å². The van der Waals surface area contributed by atoms with Crippen LogP contribution in [-0.2, 0) is 13.0 Å². The van der Waals surface area contributed by atoms with Crippen LogP contribution in [0.3, 0.4) is 0 Å². The Hall–Kier alpha value is -1.98. The Morgan fingerprint density at radius 2 is 2.33 bits per heavy atom. The van der Waals surface area contributed by atoms with E-state index >= 15 is 0 Å². The van der Waals surface area contributed by atoms with Gasteiger partial charge in [-0.15, -0.1) is 16.2 Å². The Bertz CT molecular complexity index is 553. The lowest BCUT2D eigenvalue weighted by molar-refractivity contribution is 0.730. The molecule has 0 radical (unpaired) electrons. The highest BCUT2D eigenvalue weighted by Gasteiger charge is 2.10. The Morgan fingerprint density at radius 1 is 1.53 bits per heavy atom. The third-order valence-corrected chi connectivity index (χ3v) is 2.12. The van der Waals surface area contributed by atoms with Crippen LogP contribution in [0.1, 0.15) is 12.7 Å². The van der Waals surface area contributed by atoms with E-state index in [2.05, 4.69) is 21.6 Å². The fourth-order valence-electron chi connectivity index (χ4n) is 1.49. The van der Waals surface area contributed by atoms with Crippen molar-refractivity contribution in [3.63, 3.8) is 0 Å². The summed E-state index contributed by atoms with van der Waals surface area (Å²) in [6.07, 6.45) is 3.60. The standard InChI is InChI=1S/C9H11N5O/c1-3-5-7-12-14-8(13(7)4-2)10-6-11-9(14)15/h3,6H,1,4-5H2,2H3. The fourth-order valence-corrected chi connectivity index (χ4v) is 1.49. The molecule has 0 bridgehead atoms. The molecule has 0 aliphatic carbocycles. The van der Waals surface area contributed by atoms with Crippen LogP contribution in [0.25, 0.3) is 5.78 Å². The lowest BCUT2D eigenvalue weighted by Crippen LogP contribution is -2.18. The molecule has 6 nitrogen and oxygen atoms in total. The maximum Gasteiger partial charge on any atom is 0.372 e. The summed E-state index contributed by atoms with van der Waals surface area (Å²) in [5, 5.41) is 4.14. The lowest BCUT2D eigenvalue weighted by Gasteiger charge is -1.99. The van der Waals surface area contributed by atoms with E-state index in [0.29, 0.717) is 18.7 Å². The minimum atomic E-state index is -0.405. The van der Waals surface area contributed by atoms with Gasteiger partial charge in [-0.25, -0.2) is 9.78 Å². The van der Waals surface area contributed by atoms with Crippen LogP contribution >= 0.6 is 0 Å². The van der Waals surface area contributed by atoms with Crippen molar-refractivity contribution >= 4 is 5.78 Å². The molecule has 2 rings (SSSR count). The number of aryl methyl sites for hydroxylation is 1. The van der Waals surface area contributed by atoms with Gasteiger partial charge in [0.2, 0.25) is 5.78 Å². The Morgan fingerprint density at radius 3 is 3.00 bits per heavy atom. The number of nitrogens with zero attached hydrogens (tertiary/aromatic N) is 5. The monoisotopic (exact) mass is 205 g/mol. The predicted octanol–water partition coefficient (Wildman–Crippen LogP) is 0.0344. The van der Waals surface area contributed by atoms with Gasteiger partial charge in [-0.2, -0.15) is 4.98 Å². The van der Waals surface area contributed by atoms with Crippen molar-refractivity contribution in [1.29, 1.82) is 0 Å². The van der Waals surface area contributed by atoms with E-state index in [0.717, 1.165) is 5.82 Å². The van der Waals surface area contributed by atoms with E-state index in [4.69, 9.17) is 0 Å². The van der Waals surface area contributed by atoms with Gasteiger partial charge in [0.05, 0.1) is 0 Å². The van der Waals surface area contributed by atoms with Crippen molar-refractivity contribution in [2.75, 3.05) is 0 Å². The Balaban J connectivity index is 2.78. The minimum absolute atomic E-state index is 0.405. The molecule has 0 saturated carbocycles. The fraction of sp³-hybridized carbons (Fsp3) is 0.333. The Labute approximate surface area is 85.9 Å². The highest BCUT2D eigenvalue weighted by molar-refractivity contribution is 5.27. The smallest absolute Gasteiger partial charge is 0.297 e. The van der Waals surface area contributed by atoms with Gasteiger partial charge in [0, 0.05) is 13.0 Å². The van der Waals surface area contributed by atoms with E-state index < -0.39 is 5.69 Å². The van der Waals surface area contributed by atoms with Crippen molar-refractivity contribution in [1.82, 2.24) is 24.1 Å². The molecule has 0 fully saturated rings. The summed E-state index contributed by atoms with van der Waals surface area (Å²) in [6.45, 7) is 6.33. The second kappa shape index (κ2) is 3.64. The molecule has 0 aliphatic heterocycles. The quantitative estimate of drug-likeness (QED) is 0.663. The molecule has 2 heterocycles. The molecule has 0 aromatic carbocycles. The van der Waals surface area contributed by atoms with Crippen LogP contribution in [0.2, 0.25) is 0 Å². The summed E-state index contributed by atoms with van der Waals surface area (Å²) in [5.74, 6) is 1.29. The van der Waals surface area contributed by atoms with Gasteiger partial charge >= 0.3 is 5.69 Å². The molecule has 0 atom stereocenters. The molecular weight excluding hydrogens is 194 g/mol. The number of hydrogen-bond donors (Lipinski definition) is 0. The van der Waals surface area contributed by atoms with Crippen LogP contribution in [0.5, 0.6) is 0 Å². The van der Waals surface area contributed by atoms with Crippen molar-refractivity contribution in [2.45, 2.75) is 19.9 Å². The zero-order valence-electron chi connectivity index (χ0n) is 8.42. The van der Waals surface area contributed by atoms with Gasteiger partial charge in [0.1, 0.15) is 12.2 Å². The van der Waals surface area contributed by atoms with E-state index in [1.165, 1.54) is 10.8 Å². The molecule has 0 unspecified atom stereocenters. The Kier molecular flexibility index (Phi) is 2.32. The van der Waals surface area contributed by atoms with E-state index in [-0.39, 0.29) is 0 Å². The van der Waals surface area contributed by atoms with Gasteiger partial charge in [-0.1, -0.05) is 6.08 Å². The first-order chi connectivity index (χ1) is 7.27. The third-order valence-electron chi connectivity index (χ3n) is 2.12. The lowest BCUT2D eigenvalue weighted by atomic mass is 10.4. The zero-order valence-corrected chi connectivity index (χ0v) is 8.42. The van der Waals surface area contributed by atoms with Crippen LogP contribution in [0, 0.1) is 0 Å². The van der Waals surface area contributed by atoms with Crippen LogP contribution in [-0.4, -0.2) is 24.1 Å². The summed E-state index contributed by atoms with van der Waals surface area (Å²) >= 11 is 0. The zero-order chi connectivity index (χ0) is 10.8. The number of fused-ring (bicyclic) bond motifs is 1. The summed E-state index contributed by atoms with van der Waals surface area (Å²) in [6, 6.07) is 0. The third kappa shape index (κ3) is 1.43. The number of hydrogen-bond acceptors (Lipinski definition) is 4. The van der Waals surface area contributed by atoms with Gasteiger partial charge in [0.25, 0.3) is 0 Å². The highest BCUT2D eigenvalue weighted by Crippen LogP contribution is 2.03. The van der Waals surface area contributed by atoms with Gasteiger partial charge < -0.3 is 0 Å². The van der Waals surface area contributed by atoms with Crippen LogP contribution in [0.4, 0.5) is 0 Å². The topological polar surface area (TPSA) is 65.1 Å². The van der Waals surface area contributed by atoms with Crippen LogP contribution in [0.15, 0.2) is 23.8 Å². The van der Waals surface area contributed by atoms with Gasteiger partial charge in [-0.3, -0.25) is 4.57 Å². The first kappa shape index (κ1) is 9.57. The molecule has 0 spiro atoms. The summed E-state index contributed by atoms with van der Waals surface area (Å²) in [7, 11) is 0. The van der Waals surface area contributed by atoms with Crippen molar-refractivity contribution < 1.29 is 0 Å². The van der Waals surface area contributed by atoms with Crippen molar-refractivity contribution in [2.24, 2.45) is 0 Å². The SMILES string of the molecule is C=CCc1nn2c(=O)ncnc2n1CC. The summed E-state index contributed by atoms with van der Waals surface area (Å²) in [4.78, 5) is 19.0. The number of aromatic nitrogens is 5. The maximum absolute atomic E-state index is 11.4. The largest absolute Gasteiger partial charge is 0.372 e. The minimum Gasteiger partial charge on any atom is -0.297 e. The average Bonchev–Trinajstić information content (AvgIpc) is 2.58. The van der Waals surface area contributed by atoms with Crippen molar-refractivity contribution in [3.8, 4) is 0 Å². The second-order valence-corrected chi connectivity index (χ2v) is 3.02. The summed E-state index contributed by atoms with van der Waals surface area (Å²) in [5.41, 5.74) is -0.405. The summed E-state index contributed by atoms with van der Waals surface area (Å²) < 4.78 is 3.08. The predicted molar refractivity (Wildman–Crippen MR) is 54.6 cm³/mol. The van der Waals surface area contributed by atoms with Crippen molar-refractivity contribution in [3.05, 3.63) is 35.3 Å². The normalized spacial score (nSPS) is 10.7. The molecule has 0 saturated heterocycles. The molecule has 15 heavy (non-hydrogen) atoms. The number of rotatable bonds is 3. The van der Waals surface area contributed by atoms with Gasteiger partial charge in [-0.05, 0) is 6.92 Å². The van der Waals surface area contributed by atoms with E-state index in [9.17, 15) is 4.79 Å².